The number of aliphatic hydroxyl groups excluding tert-OH is 1. The van der Waals surface area contributed by atoms with Crippen LogP contribution < -0.4 is 0 Å². The summed E-state index contributed by atoms with van der Waals surface area (Å²) in [5.41, 5.74) is 1.64. The molecule has 20 heavy (non-hydrogen) atoms. The van der Waals surface area contributed by atoms with Crippen LogP contribution in [0.5, 0.6) is 0 Å². The van der Waals surface area contributed by atoms with E-state index in [9.17, 15) is 4.79 Å². The highest BCUT2D eigenvalue weighted by Gasteiger charge is 2.37. The van der Waals surface area contributed by atoms with Crippen LogP contribution in [0.15, 0.2) is 23.8 Å². The van der Waals surface area contributed by atoms with Crippen molar-refractivity contribution in [1.82, 2.24) is 0 Å². The molecule has 0 heterocycles. The minimum atomic E-state index is -0.0105. The van der Waals surface area contributed by atoms with Crippen LogP contribution in [-0.4, -0.2) is 24.8 Å². The van der Waals surface area contributed by atoms with E-state index >= 15 is 0 Å². The molecule has 0 radical (unpaired) electrons. The van der Waals surface area contributed by atoms with Gasteiger partial charge in [0.1, 0.15) is 6.10 Å². The van der Waals surface area contributed by atoms with Gasteiger partial charge in [0, 0.05) is 24.4 Å². The predicted octanol–water partition coefficient (Wildman–Crippen LogP) is 3.63. The lowest BCUT2D eigenvalue weighted by atomic mass is 9.67. The molecule has 114 valence electrons. The average molecular weight is 280 g/mol. The first kappa shape index (κ1) is 17.0. The van der Waals surface area contributed by atoms with Crippen LogP contribution in [0.1, 0.15) is 52.9 Å². The normalized spacial score (nSPS) is 33.2. The van der Waals surface area contributed by atoms with E-state index in [1.54, 1.807) is 0 Å². The first-order chi connectivity index (χ1) is 9.48. The number of carbonyl (C=O) groups excluding carboxylic acids is 1. The Kier molecular flexibility index (Phi) is 6.00. The minimum absolute atomic E-state index is 0.0105. The van der Waals surface area contributed by atoms with Crippen LogP contribution >= 0.6 is 0 Å². The lowest BCUT2D eigenvalue weighted by Gasteiger charge is -2.41. The van der Waals surface area contributed by atoms with Crippen LogP contribution in [0.4, 0.5) is 0 Å². The summed E-state index contributed by atoms with van der Waals surface area (Å²) in [4.78, 5) is 10.7. The molecule has 0 saturated heterocycles. The molecule has 1 unspecified atom stereocenters. The molecule has 0 bridgehead atoms. The van der Waals surface area contributed by atoms with Gasteiger partial charge in [-0.05, 0) is 25.7 Å². The van der Waals surface area contributed by atoms with Crippen molar-refractivity contribution >= 4 is 6.47 Å². The van der Waals surface area contributed by atoms with E-state index in [4.69, 9.17) is 9.84 Å². The van der Waals surface area contributed by atoms with Crippen molar-refractivity contribution < 1.29 is 14.6 Å². The minimum Gasteiger partial charge on any atom is -0.464 e. The van der Waals surface area contributed by atoms with Crippen LogP contribution in [-0.2, 0) is 9.53 Å². The van der Waals surface area contributed by atoms with Crippen molar-refractivity contribution in [1.29, 1.82) is 0 Å². The lowest BCUT2D eigenvalue weighted by Crippen LogP contribution is -2.36. The molecule has 2 atom stereocenters. The molecule has 3 nitrogen and oxygen atoms in total. The molecule has 2 aliphatic carbocycles. The second-order valence-electron chi connectivity index (χ2n) is 6.56. The van der Waals surface area contributed by atoms with Gasteiger partial charge in [-0.2, -0.15) is 0 Å². The Morgan fingerprint density at radius 2 is 2.05 bits per heavy atom. The van der Waals surface area contributed by atoms with Crippen molar-refractivity contribution in [2.24, 2.45) is 10.8 Å². The molecule has 0 aliphatic heterocycles. The van der Waals surface area contributed by atoms with E-state index in [-0.39, 0.29) is 16.9 Å². The van der Waals surface area contributed by atoms with E-state index in [1.165, 1.54) is 18.4 Å². The van der Waals surface area contributed by atoms with E-state index in [2.05, 4.69) is 39.0 Å². The largest absolute Gasteiger partial charge is 0.464 e. The van der Waals surface area contributed by atoms with Crippen molar-refractivity contribution in [2.75, 3.05) is 7.11 Å². The van der Waals surface area contributed by atoms with Gasteiger partial charge in [0.15, 0.2) is 0 Å². The van der Waals surface area contributed by atoms with Gasteiger partial charge in [0.05, 0.1) is 0 Å². The summed E-state index contributed by atoms with van der Waals surface area (Å²) >= 11 is 0. The van der Waals surface area contributed by atoms with Gasteiger partial charge in [-0.1, -0.05) is 44.6 Å². The van der Waals surface area contributed by atoms with Crippen LogP contribution in [0.25, 0.3) is 0 Å². The molecule has 0 aromatic rings. The Hall–Kier alpha value is -1.09. The Bertz CT molecular complexity index is 382. The highest BCUT2D eigenvalue weighted by Crippen LogP contribution is 2.45. The average Bonchev–Trinajstić information content (AvgIpc) is 2.41. The molecule has 0 saturated carbocycles. The van der Waals surface area contributed by atoms with E-state index in [0.717, 1.165) is 26.4 Å². The molecule has 0 amide bonds. The monoisotopic (exact) mass is 280 g/mol. The van der Waals surface area contributed by atoms with Crippen LogP contribution in [0.3, 0.4) is 0 Å². The second-order valence-corrected chi connectivity index (χ2v) is 6.56. The predicted molar refractivity (Wildman–Crippen MR) is 81.3 cm³/mol. The number of aliphatic hydroxyl groups is 1. The van der Waals surface area contributed by atoms with Gasteiger partial charge >= 0.3 is 0 Å². The molecule has 2 rings (SSSR count). The molecule has 1 N–H and O–H groups in total. The quantitative estimate of drug-likeness (QED) is 0.620. The van der Waals surface area contributed by atoms with Gasteiger partial charge in [0.2, 0.25) is 0 Å². The number of hydrogen-bond donors (Lipinski definition) is 1. The first-order valence-corrected chi connectivity index (χ1v) is 7.39. The molecular weight excluding hydrogens is 252 g/mol. The van der Waals surface area contributed by atoms with Gasteiger partial charge in [-0.3, -0.25) is 4.79 Å². The molecule has 0 spiro atoms. The number of allylic oxidation sites excluding steroid dienone is 3. The fraction of sp³-hybridized carbons (Fsp3) is 0.706. The molecule has 0 aromatic carbocycles. The van der Waals surface area contributed by atoms with Gasteiger partial charge in [0.25, 0.3) is 6.47 Å². The third-order valence-electron chi connectivity index (χ3n) is 4.65. The lowest BCUT2D eigenvalue weighted by molar-refractivity contribution is -0.139. The maximum Gasteiger partial charge on any atom is 0.293 e. The maximum absolute atomic E-state index is 10.7. The van der Waals surface area contributed by atoms with Crippen LogP contribution in [0.2, 0.25) is 0 Å². The second kappa shape index (κ2) is 7.07. The van der Waals surface area contributed by atoms with E-state index in [1.807, 2.05) is 0 Å². The number of ether oxygens (including phenoxy) is 1. The number of rotatable bonds is 2. The summed E-state index contributed by atoms with van der Waals surface area (Å²) in [6.07, 6.45) is 12.5. The number of carbonyl (C=O) groups is 1. The Morgan fingerprint density at radius 3 is 2.70 bits per heavy atom. The molecular formula is C17H28O3. The Labute approximate surface area is 122 Å². The smallest absolute Gasteiger partial charge is 0.293 e. The van der Waals surface area contributed by atoms with Crippen molar-refractivity contribution in [3.63, 3.8) is 0 Å². The Morgan fingerprint density at radius 1 is 1.35 bits per heavy atom. The zero-order valence-electron chi connectivity index (χ0n) is 13.2. The summed E-state index contributed by atoms with van der Waals surface area (Å²) in [7, 11) is 1.00. The van der Waals surface area contributed by atoms with E-state index < -0.39 is 0 Å². The van der Waals surface area contributed by atoms with E-state index in [0.29, 0.717) is 6.47 Å². The van der Waals surface area contributed by atoms with Crippen LogP contribution in [0, 0.1) is 10.8 Å². The Balaban J connectivity index is 0.000000956. The standard InChI is InChI=1S/C16H24O2.CH4O/c1-15(2)8-6-10-16(3)9-5-4-7-13(16)11-14(15)18-12-17;1-2/h6-7,10,12,14H,4-5,8-9,11H2,1-3H3;2H,1H3/b10-6+;/t14?,16-;/m1./s1. The summed E-state index contributed by atoms with van der Waals surface area (Å²) in [5.74, 6) is 0. The van der Waals surface area contributed by atoms with Crippen molar-refractivity contribution in [3.8, 4) is 0 Å². The fourth-order valence-electron chi connectivity index (χ4n) is 3.18. The summed E-state index contributed by atoms with van der Waals surface area (Å²) in [5, 5.41) is 7.00. The highest BCUT2D eigenvalue weighted by molar-refractivity contribution is 5.38. The van der Waals surface area contributed by atoms with Gasteiger partial charge in [-0.15, -0.1) is 0 Å². The zero-order valence-corrected chi connectivity index (χ0v) is 13.2. The fourth-order valence-corrected chi connectivity index (χ4v) is 3.18. The topological polar surface area (TPSA) is 46.5 Å². The summed E-state index contributed by atoms with van der Waals surface area (Å²) in [6.45, 7) is 7.28. The highest BCUT2D eigenvalue weighted by atomic mass is 16.5. The first-order valence-electron chi connectivity index (χ1n) is 7.39. The number of fused-ring (bicyclic) bond motifs is 1. The third kappa shape index (κ3) is 3.72. The van der Waals surface area contributed by atoms with Crippen molar-refractivity contribution in [3.05, 3.63) is 23.8 Å². The van der Waals surface area contributed by atoms with Crippen molar-refractivity contribution in [2.45, 2.75) is 59.0 Å². The molecule has 3 heteroatoms. The summed E-state index contributed by atoms with van der Waals surface area (Å²) in [6, 6.07) is 0. The zero-order chi connectivity index (χ0) is 15.2. The molecule has 2 aliphatic rings. The number of hydrogen-bond acceptors (Lipinski definition) is 3. The summed E-state index contributed by atoms with van der Waals surface area (Å²) < 4.78 is 5.37. The van der Waals surface area contributed by atoms with Gasteiger partial charge in [-0.25, -0.2) is 0 Å². The third-order valence-corrected chi connectivity index (χ3v) is 4.65. The van der Waals surface area contributed by atoms with Gasteiger partial charge < -0.3 is 9.84 Å². The maximum atomic E-state index is 10.7. The molecule has 0 fully saturated rings. The SMILES string of the molecule is CC1(C)C/C=C/[C@@]2(C)CCCC=C2CC1OC=O.CO. The molecule has 0 aromatic heterocycles.